The Hall–Kier alpha value is -1.77. The van der Waals surface area contributed by atoms with Gasteiger partial charge in [-0.05, 0) is 6.42 Å². The Kier molecular flexibility index (Phi) is 2.85. The van der Waals surface area contributed by atoms with Crippen LogP contribution in [0.15, 0.2) is 6.33 Å². The Morgan fingerprint density at radius 1 is 1.58 bits per heavy atom. The molecular formula is C10H11ClN6O2. The third kappa shape index (κ3) is 2.14. The van der Waals surface area contributed by atoms with Crippen LogP contribution in [0, 0.1) is 0 Å². The number of amides is 1. The van der Waals surface area contributed by atoms with Crippen LogP contribution < -0.4 is 11.1 Å². The number of carbonyl (C=O) groups excluding carboxylic acids is 1. The average molecular weight is 283 g/mol. The van der Waals surface area contributed by atoms with Crippen LogP contribution in [-0.4, -0.2) is 44.6 Å². The van der Waals surface area contributed by atoms with E-state index in [0.717, 1.165) is 0 Å². The maximum atomic E-state index is 12.1. The van der Waals surface area contributed by atoms with E-state index in [1.807, 2.05) is 0 Å². The van der Waals surface area contributed by atoms with Gasteiger partial charge in [0.25, 0.3) is 0 Å². The maximum absolute atomic E-state index is 12.1. The van der Waals surface area contributed by atoms with E-state index < -0.39 is 11.4 Å². The molecule has 0 radical (unpaired) electrons. The zero-order chi connectivity index (χ0) is 13.5. The molecule has 1 atom stereocenters. The van der Waals surface area contributed by atoms with E-state index in [-0.39, 0.29) is 17.7 Å². The van der Waals surface area contributed by atoms with Gasteiger partial charge in [-0.25, -0.2) is 4.98 Å². The van der Waals surface area contributed by atoms with Crippen LogP contribution >= 0.6 is 11.6 Å². The molecule has 3 rings (SSSR count). The third-order valence-corrected chi connectivity index (χ3v) is 3.24. The topological polar surface area (TPSA) is 119 Å². The van der Waals surface area contributed by atoms with Crippen molar-refractivity contribution in [3.8, 4) is 0 Å². The molecule has 0 spiro atoms. The summed E-state index contributed by atoms with van der Waals surface area (Å²) in [5.41, 5.74) is 5.79. The molecule has 4 N–H and O–H groups in total. The van der Waals surface area contributed by atoms with E-state index in [4.69, 9.17) is 22.1 Å². The van der Waals surface area contributed by atoms with Crippen molar-refractivity contribution >= 4 is 34.6 Å². The summed E-state index contributed by atoms with van der Waals surface area (Å²) >= 11 is 5.95. The first-order valence-corrected chi connectivity index (χ1v) is 6.01. The molecule has 1 amide bonds. The molecule has 1 aliphatic heterocycles. The van der Waals surface area contributed by atoms with Gasteiger partial charge in [0, 0.05) is 6.61 Å². The molecule has 2 aromatic rings. The number of nitrogens with zero attached hydrogens (tertiary/aromatic N) is 3. The minimum absolute atomic E-state index is 0.0753. The lowest BCUT2D eigenvalue weighted by molar-refractivity contribution is -0.121. The van der Waals surface area contributed by atoms with Crippen molar-refractivity contribution in [2.45, 2.75) is 12.0 Å². The number of aromatic amines is 1. The summed E-state index contributed by atoms with van der Waals surface area (Å²) in [7, 11) is 0. The number of nitrogens with one attached hydrogen (secondary N) is 2. The number of aromatic nitrogens is 4. The molecule has 100 valence electrons. The van der Waals surface area contributed by atoms with E-state index in [1.54, 1.807) is 0 Å². The van der Waals surface area contributed by atoms with Crippen LogP contribution in [0.3, 0.4) is 0 Å². The lowest BCUT2D eigenvalue weighted by Crippen LogP contribution is -2.51. The van der Waals surface area contributed by atoms with Crippen molar-refractivity contribution in [3.05, 3.63) is 11.5 Å². The van der Waals surface area contributed by atoms with Gasteiger partial charge < -0.3 is 15.5 Å². The Labute approximate surface area is 112 Å². The zero-order valence-corrected chi connectivity index (χ0v) is 10.6. The summed E-state index contributed by atoms with van der Waals surface area (Å²) in [4.78, 5) is 26.9. The Balaban J connectivity index is 1.86. The summed E-state index contributed by atoms with van der Waals surface area (Å²) < 4.78 is 5.13. The third-order valence-electron chi connectivity index (χ3n) is 2.97. The van der Waals surface area contributed by atoms with Gasteiger partial charge in [-0.1, -0.05) is 11.6 Å². The van der Waals surface area contributed by atoms with Crippen LogP contribution in [0.4, 0.5) is 5.95 Å². The van der Waals surface area contributed by atoms with Crippen LogP contribution in [-0.2, 0) is 9.53 Å². The summed E-state index contributed by atoms with van der Waals surface area (Å²) in [6.45, 7) is 0.640. The molecule has 2 aromatic heterocycles. The number of anilines is 1. The van der Waals surface area contributed by atoms with E-state index >= 15 is 0 Å². The van der Waals surface area contributed by atoms with E-state index in [9.17, 15) is 4.79 Å². The highest BCUT2D eigenvalue weighted by molar-refractivity contribution is 6.33. The molecule has 1 aliphatic rings. The van der Waals surface area contributed by atoms with E-state index in [1.165, 1.54) is 6.33 Å². The fourth-order valence-electron chi connectivity index (χ4n) is 1.84. The van der Waals surface area contributed by atoms with Crippen molar-refractivity contribution in [2.24, 2.45) is 5.73 Å². The SMILES string of the molecule is NC1(C(=O)Nc2nc(Cl)c3[nH]cnc3n2)CCOC1. The molecule has 0 bridgehead atoms. The second kappa shape index (κ2) is 4.41. The fraction of sp³-hybridized carbons (Fsp3) is 0.400. The Bertz CT molecular complexity index is 636. The lowest BCUT2D eigenvalue weighted by Gasteiger charge is -2.19. The number of halogens is 1. The van der Waals surface area contributed by atoms with Crippen LogP contribution in [0.5, 0.6) is 0 Å². The normalized spacial score (nSPS) is 22.8. The zero-order valence-electron chi connectivity index (χ0n) is 9.81. The molecule has 1 fully saturated rings. The number of rotatable bonds is 2. The summed E-state index contributed by atoms with van der Waals surface area (Å²) in [5.74, 6) is -0.317. The highest BCUT2D eigenvalue weighted by Crippen LogP contribution is 2.20. The molecular weight excluding hydrogens is 272 g/mol. The molecule has 0 aliphatic carbocycles. The van der Waals surface area contributed by atoms with Crippen LogP contribution in [0.25, 0.3) is 11.2 Å². The fourth-order valence-corrected chi connectivity index (χ4v) is 2.06. The van der Waals surface area contributed by atoms with Gasteiger partial charge in [0.15, 0.2) is 10.8 Å². The van der Waals surface area contributed by atoms with E-state index in [0.29, 0.717) is 24.2 Å². The minimum Gasteiger partial charge on any atom is -0.379 e. The first-order chi connectivity index (χ1) is 9.08. The summed E-state index contributed by atoms with van der Waals surface area (Å²) in [6, 6.07) is 0. The average Bonchev–Trinajstić information content (AvgIpc) is 2.98. The molecule has 1 saturated heterocycles. The van der Waals surface area contributed by atoms with Crippen molar-refractivity contribution < 1.29 is 9.53 Å². The number of nitrogens with two attached hydrogens (primary N) is 1. The monoisotopic (exact) mass is 282 g/mol. The van der Waals surface area contributed by atoms with Gasteiger partial charge in [-0.15, -0.1) is 0 Å². The number of hydrogen-bond acceptors (Lipinski definition) is 6. The van der Waals surface area contributed by atoms with E-state index in [2.05, 4.69) is 25.3 Å². The largest absolute Gasteiger partial charge is 0.379 e. The highest BCUT2D eigenvalue weighted by atomic mass is 35.5. The van der Waals surface area contributed by atoms with Crippen LogP contribution in [0.1, 0.15) is 6.42 Å². The Morgan fingerprint density at radius 3 is 3.16 bits per heavy atom. The quantitative estimate of drug-likeness (QED) is 0.670. The predicted octanol–water partition coefficient (Wildman–Crippen LogP) is 0.0626. The van der Waals surface area contributed by atoms with Gasteiger partial charge in [0.2, 0.25) is 11.9 Å². The minimum atomic E-state index is -1.05. The van der Waals surface area contributed by atoms with Gasteiger partial charge in [0.1, 0.15) is 11.1 Å². The number of carbonyl (C=O) groups is 1. The summed E-state index contributed by atoms with van der Waals surface area (Å²) in [5, 5.41) is 2.73. The number of hydrogen-bond donors (Lipinski definition) is 3. The number of H-pyrrole nitrogens is 1. The molecule has 8 nitrogen and oxygen atoms in total. The molecule has 3 heterocycles. The van der Waals surface area contributed by atoms with Crippen molar-refractivity contribution in [1.29, 1.82) is 0 Å². The number of ether oxygens (including phenoxy) is 1. The first kappa shape index (κ1) is 12.3. The first-order valence-electron chi connectivity index (χ1n) is 5.63. The predicted molar refractivity (Wildman–Crippen MR) is 67.7 cm³/mol. The Morgan fingerprint density at radius 2 is 2.42 bits per heavy atom. The smallest absolute Gasteiger partial charge is 0.249 e. The van der Waals surface area contributed by atoms with Gasteiger partial charge in [0.05, 0.1) is 12.9 Å². The molecule has 0 aromatic carbocycles. The van der Waals surface area contributed by atoms with Crippen LogP contribution in [0.2, 0.25) is 5.15 Å². The molecule has 9 heteroatoms. The van der Waals surface area contributed by atoms with Gasteiger partial charge >= 0.3 is 0 Å². The number of fused-ring (bicyclic) bond motifs is 1. The lowest BCUT2D eigenvalue weighted by atomic mass is 9.99. The molecule has 0 saturated carbocycles. The molecule has 1 unspecified atom stereocenters. The standard InChI is InChI=1S/C10H11ClN6O2/c11-6-5-7(14-4-13-5)16-9(15-6)17-8(18)10(12)1-2-19-3-10/h4H,1-3,12H2,(H2,13,14,15,16,17,18). The second-order valence-electron chi connectivity index (χ2n) is 4.35. The van der Waals surface area contributed by atoms with Crippen molar-refractivity contribution in [2.75, 3.05) is 18.5 Å². The second-order valence-corrected chi connectivity index (χ2v) is 4.71. The van der Waals surface area contributed by atoms with Crippen molar-refractivity contribution in [1.82, 2.24) is 19.9 Å². The maximum Gasteiger partial charge on any atom is 0.249 e. The van der Waals surface area contributed by atoms with Crippen molar-refractivity contribution in [3.63, 3.8) is 0 Å². The molecule has 19 heavy (non-hydrogen) atoms. The highest BCUT2D eigenvalue weighted by Gasteiger charge is 2.38. The number of imidazole rings is 1. The van der Waals surface area contributed by atoms with Gasteiger partial charge in [-0.3, -0.25) is 10.1 Å². The van der Waals surface area contributed by atoms with Gasteiger partial charge in [-0.2, -0.15) is 9.97 Å². The summed E-state index contributed by atoms with van der Waals surface area (Å²) in [6.07, 6.45) is 1.91.